The molecule has 88 valence electrons. The van der Waals surface area contributed by atoms with E-state index in [1.54, 1.807) is 12.3 Å². The Morgan fingerprint density at radius 3 is 2.61 bits per heavy atom. The quantitative estimate of drug-likeness (QED) is 0.663. The molecule has 0 atom stereocenters. The largest absolute Gasteiger partial charge is 0.454 e. The van der Waals surface area contributed by atoms with Crippen molar-refractivity contribution >= 4 is 22.5 Å². The molecule has 1 heterocycles. The first kappa shape index (κ1) is 11.1. The minimum Gasteiger partial charge on any atom is -0.454 e. The average Bonchev–Trinajstić information content (AvgIpc) is 2.41. The van der Waals surface area contributed by atoms with Crippen LogP contribution in [0.1, 0.15) is 0 Å². The van der Waals surface area contributed by atoms with Crippen molar-refractivity contribution in [3.05, 3.63) is 65.8 Å². The molecule has 3 heteroatoms. The monoisotopic (exact) mass is 255 g/mol. The number of hydrogen-bond donors (Lipinski definition) is 0. The van der Waals surface area contributed by atoms with Crippen molar-refractivity contribution in [3.63, 3.8) is 0 Å². The number of benzene rings is 2. The maximum atomic E-state index is 6.05. The van der Waals surface area contributed by atoms with Gasteiger partial charge in [-0.3, -0.25) is 4.98 Å². The van der Waals surface area contributed by atoms with E-state index in [0.29, 0.717) is 16.5 Å². The smallest absolute Gasteiger partial charge is 0.146 e. The summed E-state index contributed by atoms with van der Waals surface area (Å²) in [5.41, 5.74) is 0.948. The van der Waals surface area contributed by atoms with Crippen molar-refractivity contribution in [1.29, 1.82) is 0 Å². The highest BCUT2D eigenvalue weighted by Crippen LogP contribution is 2.29. The zero-order valence-corrected chi connectivity index (χ0v) is 10.3. The summed E-state index contributed by atoms with van der Waals surface area (Å²) in [5, 5.41) is 1.63. The number of hydrogen-bond acceptors (Lipinski definition) is 2. The third-order valence-corrected chi connectivity index (χ3v) is 2.94. The van der Waals surface area contributed by atoms with E-state index in [4.69, 9.17) is 16.3 Å². The molecule has 1 aromatic heterocycles. The van der Waals surface area contributed by atoms with Crippen molar-refractivity contribution in [2.45, 2.75) is 0 Å². The van der Waals surface area contributed by atoms with Gasteiger partial charge < -0.3 is 4.74 Å². The summed E-state index contributed by atoms with van der Waals surface area (Å²) in [5.74, 6) is 1.32. The molecule has 0 saturated heterocycles. The van der Waals surface area contributed by atoms with Crippen LogP contribution in [-0.2, 0) is 0 Å². The van der Waals surface area contributed by atoms with Gasteiger partial charge in [0.1, 0.15) is 11.5 Å². The Bertz CT molecular complexity index is 697. The van der Waals surface area contributed by atoms with Gasteiger partial charge in [0.25, 0.3) is 0 Å². The predicted octanol–water partition coefficient (Wildman–Crippen LogP) is 4.68. The molecular weight excluding hydrogens is 246 g/mol. The zero-order chi connectivity index (χ0) is 12.4. The van der Waals surface area contributed by atoms with E-state index in [-0.39, 0.29) is 0 Å². The van der Waals surface area contributed by atoms with Crippen LogP contribution in [0.15, 0.2) is 60.8 Å². The van der Waals surface area contributed by atoms with Crippen LogP contribution < -0.4 is 4.74 Å². The lowest BCUT2D eigenvalue weighted by Gasteiger charge is -2.07. The summed E-state index contributed by atoms with van der Waals surface area (Å²) in [7, 11) is 0. The fraction of sp³-hybridized carbons (Fsp3) is 0. The summed E-state index contributed by atoms with van der Waals surface area (Å²) < 4.78 is 5.72. The first-order chi connectivity index (χ1) is 8.83. The van der Waals surface area contributed by atoms with Crippen LogP contribution in [0.25, 0.3) is 10.9 Å². The van der Waals surface area contributed by atoms with Gasteiger partial charge in [-0.2, -0.15) is 0 Å². The Balaban J connectivity index is 1.98. The fourth-order valence-corrected chi connectivity index (χ4v) is 1.94. The van der Waals surface area contributed by atoms with Gasteiger partial charge in [0.2, 0.25) is 0 Å². The Hall–Kier alpha value is -2.06. The first-order valence-corrected chi connectivity index (χ1v) is 5.98. The van der Waals surface area contributed by atoms with E-state index in [1.165, 1.54) is 0 Å². The lowest BCUT2D eigenvalue weighted by Crippen LogP contribution is -1.87. The molecule has 18 heavy (non-hydrogen) atoms. The standard InChI is InChI=1S/C15H10ClNO/c16-13-6-2-4-8-15(13)18-12-9-11-5-1-3-7-14(11)17-10-12/h1-10H. The lowest BCUT2D eigenvalue weighted by molar-refractivity contribution is 0.481. The van der Waals surface area contributed by atoms with Crippen LogP contribution in [0.2, 0.25) is 5.02 Å². The minimum absolute atomic E-state index is 0.589. The molecule has 0 amide bonds. The van der Waals surface area contributed by atoms with E-state index in [9.17, 15) is 0 Å². The molecule has 0 fully saturated rings. The number of para-hydroxylation sites is 2. The predicted molar refractivity (Wildman–Crippen MR) is 73.3 cm³/mol. The van der Waals surface area contributed by atoms with Crippen LogP contribution >= 0.6 is 11.6 Å². The van der Waals surface area contributed by atoms with E-state index in [2.05, 4.69) is 4.98 Å². The van der Waals surface area contributed by atoms with Crippen molar-refractivity contribution in [2.75, 3.05) is 0 Å². The van der Waals surface area contributed by atoms with Crippen LogP contribution in [0.3, 0.4) is 0 Å². The minimum atomic E-state index is 0.589. The normalized spacial score (nSPS) is 10.5. The van der Waals surface area contributed by atoms with Crippen molar-refractivity contribution in [1.82, 2.24) is 4.98 Å². The number of ether oxygens (including phenoxy) is 1. The molecule has 2 nitrogen and oxygen atoms in total. The molecule has 3 rings (SSSR count). The van der Waals surface area contributed by atoms with Gasteiger partial charge >= 0.3 is 0 Å². The maximum Gasteiger partial charge on any atom is 0.146 e. The van der Waals surface area contributed by atoms with Gasteiger partial charge in [-0.15, -0.1) is 0 Å². The molecular formula is C15H10ClNO. The lowest BCUT2D eigenvalue weighted by atomic mass is 10.2. The Labute approximate surface area is 110 Å². The number of halogens is 1. The maximum absolute atomic E-state index is 6.05. The molecule has 2 aromatic carbocycles. The molecule has 0 radical (unpaired) electrons. The summed E-state index contributed by atoms with van der Waals surface area (Å²) in [6.07, 6.45) is 1.70. The van der Waals surface area contributed by atoms with Gasteiger partial charge in [-0.05, 0) is 24.3 Å². The van der Waals surface area contributed by atoms with Crippen LogP contribution in [0.4, 0.5) is 0 Å². The SMILES string of the molecule is Clc1ccccc1Oc1cnc2ccccc2c1. The van der Waals surface area contributed by atoms with Crippen molar-refractivity contribution in [3.8, 4) is 11.5 Å². The van der Waals surface area contributed by atoms with Crippen molar-refractivity contribution in [2.24, 2.45) is 0 Å². The Morgan fingerprint density at radius 1 is 0.944 bits per heavy atom. The van der Waals surface area contributed by atoms with Gasteiger partial charge in [-0.1, -0.05) is 41.9 Å². The zero-order valence-electron chi connectivity index (χ0n) is 9.51. The fourth-order valence-electron chi connectivity index (χ4n) is 1.76. The van der Waals surface area contributed by atoms with Crippen LogP contribution in [-0.4, -0.2) is 4.98 Å². The van der Waals surface area contributed by atoms with Gasteiger partial charge in [0.15, 0.2) is 0 Å². The van der Waals surface area contributed by atoms with Crippen molar-refractivity contribution < 1.29 is 4.74 Å². The molecule has 0 aliphatic rings. The molecule has 0 aliphatic heterocycles. The highest BCUT2D eigenvalue weighted by atomic mass is 35.5. The highest BCUT2D eigenvalue weighted by Gasteiger charge is 2.03. The number of aromatic nitrogens is 1. The molecule has 0 saturated carbocycles. The van der Waals surface area contributed by atoms with Gasteiger partial charge in [-0.25, -0.2) is 0 Å². The molecule has 0 unspecified atom stereocenters. The molecule has 3 aromatic rings. The average molecular weight is 256 g/mol. The third-order valence-electron chi connectivity index (χ3n) is 2.63. The molecule has 0 aliphatic carbocycles. The number of rotatable bonds is 2. The van der Waals surface area contributed by atoms with E-state index >= 15 is 0 Å². The van der Waals surface area contributed by atoms with Crippen LogP contribution in [0, 0.1) is 0 Å². The van der Waals surface area contributed by atoms with E-state index in [1.807, 2.05) is 48.5 Å². The number of pyridine rings is 1. The number of fused-ring (bicyclic) bond motifs is 1. The summed E-state index contributed by atoms with van der Waals surface area (Å²) in [6, 6.07) is 17.2. The van der Waals surface area contributed by atoms with E-state index < -0.39 is 0 Å². The highest BCUT2D eigenvalue weighted by molar-refractivity contribution is 6.32. The number of nitrogens with zero attached hydrogens (tertiary/aromatic N) is 1. The summed E-state index contributed by atoms with van der Waals surface area (Å²) in [6.45, 7) is 0. The Morgan fingerprint density at radius 2 is 1.72 bits per heavy atom. The second-order valence-corrected chi connectivity index (χ2v) is 4.30. The second kappa shape index (κ2) is 4.67. The summed E-state index contributed by atoms with van der Waals surface area (Å²) >= 11 is 6.05. The first-order valence-electron chi connectivity index (χ1n) is 5.60. The molecule has 0 bridgehead atoms. The molecule has 0 spiro atoms. The Kier molecular flexibility index (Phi) is 2.87. The van der Waals surface area contributed by atoms with E-state index in [0.717, 1.165) is 10.9 Å². The van der Waals surface area contributed by atoms with Gasteiger partial charge in [0, 0.05) is 5.39 Å². The topological polar surface area (TPSA) is 22.1 Å². The van der Waals surface area contributed by atoms with Crippen LogP contribution in [0.5, 0.6) is 11.5 Å². The summed E-state index contributed by atoms with van der Waals surface area (Å²) in [4.78, 5) is 4.34. The van der Waals surface area contributed by atoms with Gasteiger partial charge in [0.05, 0.1) is 16.7 Å². The molecule has 0 N–H and O–H groups in total. The third kappa shape index (κ3) is 2.15. The second-order valence-electron chi connectivity index (χ2n) is 3.90.